The molecule has 0 bridgehead atoms. The molecule has 1 spiro atoms. The standard InChI is InChI=1S/C54H41NO/c1-3-17-37(18-4-1)40-19-5-6-20-41(40)42-21-7-8-22-43(42)45-24-10-13-27-51(45)55(39-30-32-53-48(36-39)46-25-11-14-28-52(46)56-53)38-29-31-50-47(35-38)44-23-9-12-26-49(44)54(50)33-15-2-16-34-54/h1,3-14,17-32,35-36H,2,15-16,33-34H2. The first-order valence-corrected chi connectivity index (χ1v) is 20.1. The van der Waals surface area contributed by atoms with Crippen LogP contribution in [0.3, 0.4) is 0 Å². The molecular weight excluding hydrogens is 679 g/mol. The van der Waals surface area contributed by atoms with Gasteiger partial charge in [-0.25, -0.2) is 0 Å². The molecule has 9 aromatic rings. The minimum atomic E-state index is 0.102. The van der Waals surface area contributed by atoms with E-state index in [-0.39, 0.29) is 5.41 Å². The highest BCUT2D eigenvalue weighted by Crippen LogP contribution is 2.57. The van der Waals surface area contributed by atoms with E-state index in [1.165, 1.54) is 87.7 Å². The lowest BCUT2D eigenvalue weighted by molar-refractivity contribution is 0.353. The highest BCUT2D eigenvalue weighted by atomic mass is 16.3. The lowest BCUT2D eigenvalue weighted by Gasteiger charge is -2.36. The molecule has 8 aromatic carbocycles. The fourth-order valence-electron chi connectivity index (χ4n) is 10.0. The van der Waals surface area contributed by atoms with E-state index >= 15 is 0 Å². The summed E-state index contributed by atoms with van der Waals surface area (Å²) in [7, 11) is 0. The monoisotopic (exact) mass is 719 g/mol. The van der Waals surface area contributed by atoms with E-state index in [4.69, 9.17) is 4.42 Å². The highest BCUT2D eigenvalue weighted by molar-refractivity contribution is 6.07. The normalized spacial score (nSPS) is 14.2. The Morgan fingerprint density at radius 1 is 0.375 bits per heavy atom. The summed E-state index contributed by atoms with van der Waals surface area (Å²) in [5.41, 5.74) is 18.3. The summed E-state index contributed by atoms with van der Waals surface area (Å²) in [6, 6.07) is 68.9. The molecular formula is C54H41NO. The maximum atomic E-state index is 6.35. The van der Waals surface area contributed by atoms with E-state index in [1.54, 1.807) is 0 Å². The lowest BCUT2D eigenvalue weighted by Crippen LogP contribution is -2.28. The van der Waals surface area contributed by atoms with E-state index < -0.39 is 0 Å². The van der Waals surface area contributed by atoms with Crippen LogP contribution in [-0.2, 0) is 5.41 Å². The van der Waals surface area contributed by atoms with Crippen molar-refractivity contribution >= 4 is 39.0 Å². The van der Waals surface area contributed by atoms with Crippen molar-refractivity contribution in [1.29, 1.82) is 0 Å². The Morgan fingerprint density at radius 3 is 1.73 bits per heavy atom. The van der Waals surface area contributed by atoms with Gasteiger partial charge in [0.25, 0.3) is 0 Å². The third-order valence-electron chi connectivity index (χ3n) is 12.5. The molecule has 0 radical (unpaired) electrons. The zero-order valence-electron chi connectivity index (χ0n) is 31.3. The molecule has 0 saturated heterocycles. The van der Waals surface area contributed by atoms with Gasteiger partial charge in [0.15, 0.2) is 0 Å². The second-order valence-corrected chi connectivity index (χ2v) is 15.5. The van der Waals surface area contributed by atoms with Crippen LogP contribution in [0.15, 0.2) is 192 Å². The molecule has 11 rings (SSSR count). The van der Waals surface area contributed by atoms with E-state index in [0.29, 0.717) is 0 Å². The molecule has 0 unspecified atom stereocenters. The largest absolute Gasteiger partial charge is 0.456 e. The van der Waals surface area contributed by atoms with Crippen molar-refractivity contribution in [2.45, 2.75) is 37.5 Å². The molecule has 1 fully saturated rings. The van der Waals surface area contributed by atoms with Crippen molar-refractivity contribution in [3.8, 4) is 44.5 Å². The quantitative estimate of drug-likeness (QED) is 0.170. The van der Waals surface area contributed by atoms with Crippen molar-refractivity contribution in [3.05, 3.63) is 199 Å². The molecule has 2 heteroatoms. The Bertz CT molecular complexity index is 2910. The second kappa shape index (κ2) is 13.3. The number of benzene rings is 8. The summed E-state index contributed by atoms with van der Waals surface area (Å²) in [6.07, 6.45) is 6.31. The first-order valence-electron chi connectivity index (χ1n) is 20.1. The fraction of sp³-hybridized carbons (Fsp3) is 0.111. The van der Waals surface area contributed by atoms with E-state index in [0.717, 1.165) is 39.0 Å². The van der Waals surface area contributed by atoms with Crippen LogP contribution < -0.4 is 4.90 Å². The smallest absolute Gasteiger partial charge is 0.135 e. The number of anilines is 3. The topological polar surface area (TPSA) is 16.4 Å². The van der Waals surface area contributed by atoms with Gasteiger partial charge in [-0.2, -0.15) is 0 Å². The van der Waals surface area contributed by atoms with Gasteiger partial charge in [0, 0.05) is 33.1 Å². The Hall–Kier alpha value is -6.64. The van der Waals surface area contributed by atoms with Crippen LogP contribution in [0.4, 0.5) is 17.1 Å². The molecule has 0 amide bonds. The number of hydrogen-bond acceptors (Lipinski definition) is 2. The summed E-state index contributed by atoms with van der Waals surface area (Å²) in [4.78, 5) is 2.48. The summed E-state index contributed by atoms with van der Waals surface area (Å²) in [5, 5.41) is 2.24. The number of rotatable bonds is 6. The Balaban J connectivity index is 1.14. The van der Waals surface area contributed by atoms with E-state index in [2.05, 4.69) is 187 Å². The first kappa shape index (κ1) is 32.8. The van der Waals surface area contributed by atoms with E-state index in [1.807, 2.05) is 6.07 Å². The number of fused-ring (bicyclic) bond motifs is 8. The van der Waals surface area contributed by atoms with Gasteiger partial charge < -0.3 is 9.32 Å². The van der Waals surface area contributed by atoms with Gasteiger partial charge >= 0.3 is 0 Å². The Kier molecular flexibility index (Phi) is 7.77. The average Bonchev–Trinajstić information content (AvgIpc) is 3.77. The molecule has 1 aromatic heterocycles. The Morgan fingerprint density at radius 2 is 0.929 bits per heavy atom. The van der Waals surface area contributed by atoms with Crippen LogP contribution in [0.2, 0.25) is 0 Å². The van der Waals surface area contributed by atoms with Gasteiger partial charge in [0.2, 0.25) is 0 Å². The van der Waals surface area contributed by atoms with Crippen LogP contribution in [0.25, 0.3) is 66.4 Å². The van der Waals surface area contributed by atoms with Gasteiger partial charge in [0.1, 0.15) is 11.2 Å². The minimum absolute atomic E-state index is 0.102. The molecule has 2 aliphatic rings. The number of hydrogen-bond donors (Lipinski definition) is 0. The zero-order chi connectivity index (χ0) is 37.1. The fourth-order valence-corrected chi connectivity index (χ4v) is 10.0. The number of para-hydroxylation sites is 2. The SMILES string of the molecule is c1ccc(-c2ccccc2-c2ccccc2-c2ccccc2N(c2ccc3c(c2)-c2ccccc2C32CCCCC2)c2ccc3oc4ccccc4c3c2)cc1. The molecule has 268 valence electrons. The highest BCUT2D eigenvalue weighted by Gasteiger charge is 2.43. The van der Waals surface area contributed by atoms with Gasteiger partial charge in [-0.1, -0.05) is 165 Å². The third kappa shape index (κ3) is 5.17. The van der Waals surface area contributed by atoms with Crippen LogP contribution in [0.5, 0.6) is 0 Å². The van der Waals surface area contributed by atoms with E-state index in [9.17, 15) is 0 Å². The van der Waals surface area contributed by atoms with Gasteiger partial charge in [-0.05, 0) is 105 Å². The van der Waals surface area contributed by atoms with Crippen LogP contribution in [0, 0.1) is 0 Å². The summed E-state index contributed by atoms with van der Waals surface area (Å²) in [6.45, 7) is 0. The van der Waals surface area contributed by atoms with Crippen molar-refractivity contribution < 1.29 is 4.42 Å². The summed E-state index contributed by atoms with van der Waals surface area (Å²) < 4.78 is 6.35. The first-order chi connectivity index (χ1) is 27.8. The zero-order valence-corrected chi connectivity index (χ0v) is 31.3. The number of furan rings is 1. The second-order valence-electron chi connectivity index (χ2n) is 15.5. The molecule has 56 heavy (non-hydrogen) atoms. The van der Waals surface area contributed by atoms with Gasteiger partial charge in [-0.3, -0.25) is 0 Å². The van der Waals surface area contributed by atoms with Crippen molar-refractivity contribution in [3.63, 3.8) is 0 Å². The van der Waals surface area contributed by atoms with Crippen LogP contribution in [-0.4, -0.2) is 0 Å². The van der Waals surface area contributed by atoms with Crippen molar-refractivity contribution in [2.24, 2.45) is 0 Å². The third-order valence-corrected chi connectivity index (χ3v) is 12.5. The lowest BCUT2D eigenvalue weighted by atomic mass is 9.68. The molecule has 1 heterocycles. The predicted molar refractivity (Wildman–Crippen MR) is 234 cm³/mol. The molecule has 0 aliphatic heterocycles. The average molecular weight is 720 g/mol. The molecule has 2 aliphatic carbocycles. The van der Waals surface area contributed by atoms with Gasteiger partial charge in [0.05, 0.1) is 5.69 Å². The maximum Gasteiger partial charge on any atom is 0.135 e. The molecule has 0 N–H and O–H groups in total. The Labute approximate surface area is 328 Å². The van der Waals surface area contributed by atoms with Crippen LogP contribution in [0.1, 0.15) is 43.2 Å². The predicted octanol–water partition coefficient (Wildman–Crippen LogP) is 15.3. The molecule has 0 atom stereocenters. The van der Waals surface area contributed by atoms with Crippen LogP contribution >= 0.6 is 0 Å². The molecule has 2 nitrogen and oxygen atoms in total. The molecule has 1 saturated carbocycles. The van der Waals surface area contributed by atoms with Crippen molar-refractivity contribution in [1.82, 2.24) is 0 Å². The van der Waals surface area contributed by atoms with Gasteiger partial charge in [-0.15, -0.1) is 0 Å². The summed E-state index contributed by atoms with van der Waals surface area (Å²) in [5.74, 6) is 0. The summed E-state index contributed by atoms with van der Waals surface area (Å²) >= 11 is 0. The van der Waals surface area contributed by atoms with Crippen molar-refractivity contribution in [2.75, 3.05) is 4.90 Å². The maximum absolute atomic E-state index is 6.35. The minimum Gasteiger partial charge on any atom is -0.456 e. The number of nitrogens with zero attached hydrogens (tertiary/aromatic N) is 1.